The molecule has 0 unspecified atom stereocenters. The van der Waals surface area contributed by atoms with Crippen molar-refractivity contribution in [3.63, 3.8) is 0 Å². The molecule has 2 fully saturated rings. The van der Waals surface area contributed by atoms with Crippen molar-refractivity contribution >= 4 is 8.80 Å². The van der Waals surface area contributed by atoms with Gasteiger partial charge in [-0.3, -0.25) is 0 Å². The summed E-state index contributed by atoms with van der Waals surface area (Å²) < 4.78 is 35.2. The molecule has 0 bridgehead atoms. The second-order valence-corrected chi connectivity index (χ2v) is 14.0. The Bertz CT molecular complexity index is 881. The number of benzene rings is 2. The lowest BCUT2D eigenvalue weighted by Crippen LogP contribution is -2.22. The zero-order valence-electron chi connectivity index (χ0n) is 20.4. The van der Waals surface area contributed by atoms with Crippen LogP contribution in [-0.4, -0.2) is 15.9 Å². The van der Waals surface area contributed by atoms with E-state index >= 15 is 4.39 Å². The van der Waals surface area contributed by atoms with Gasteiger partial charge < -0.3 is 4.74 Å². The predicted molar refractivity (Wildman–Crippen MR) is 137 cm³/mol. The normalized spacial score (nSPS) is 25.7. The first-order valence-corrected chi connectivity index (χ1v) is 15.7. The maximum atomic E-state index is 15.1. The summed E-state index contributed by atoms with van der Waals surface area (Å²) in [5.74, 6) is 1.22. The molecule has 1 heterocycles. The number of rotatable bonds is 8. The van der Waals surface area contributed by atoms with E-state index in [1.807, 2.05) is 6.07 Å². The molecule has 0 atom stereocenters. The standard InChI is InChI=1S/C29H40F2OSi/c1-3-18-33-19-16-22(17-20-33)5-4-21-6-8-23(9-7-21)26-14-15-27(29(31)28(26)30)24-10-12-25(32-2)13-11-24/h10-15,21-23,33H,3-9,16-20H2,1-2H3. The van der Waals surface area contributed by atoms with E-state index in [0.29, 0.717) is 22.4 Å². The fourth-order valence-corrected chi connectivity index (χ4v) is 9.89. The molecule has 180 valence electrons. The van der Waals surface area contributed by atoms with Crippen LogP contribution in [0.25, 0.3) is 11.1 Å². The van der Waals surface area contributed by atoms with Crippen LogP contribution in [0.2, 0.25) is 18.1 Å². The quantitative estimate of drug-likeness (QED) is 0.350. The lowest BCUT2D eigenvalue weighted by atomic mass is 9.76. The largest absolute Gasteiger partial charge is 0.497 e. The van der Waals surface area contributed by atoms with E-state index in [4.69, 9.17) is 4.74 Å². The SMILES string of the molecule is CCC[SiH]1CCC(CCC2CCC(c3ccc(-c4ccc(OC)cc4)c(F)c3F)CC2)CC1. The fourth-order valence-electron chi connectivity index (χ4n) is 6.32. The topological polar surface area (TPSA) is 9.23 Å². The third kappa shape index (κ3) is 6.06. The highest BCUT2D eigenvalue weighted by molar-refractivity contribution is 6.58. The zero-order valence-corrected chi connectivity index (χ0v) is 21.6. The molecule has 1 nitrogen and oxygen atoms in total. The van der Waals surface area contributed by atoms with Gasteiger partial charge in [-0.1, -0.05) is 81.4 Å². The number of halogens is 2. The number of hydrogen-bond donors (Lipinski definition) is 0. The van der Waals surface area contributed by atoms with Crippen LogP contribution in [0, 0.1) is 23.5 Å². The molecule has 1 saturated heterocycles. The van der Waals surface area contributed by atoms with Crippen molar-refractivity contribution in [1.29, 1.82) is 0 Å². The van der Waals surface area contributed by atoms with Crippen LogP contribution in [0.15, 0.2) is 36.4 Å². The molecule has 4 rings (SSSR count). The average molecular weight is 471 g/mol. The van der Waals surface area contributed by atoms with Gasteiger partial charge in [0.2, 0.25) is 0 Å². The Morgan fingerprint density at radius 1 is 0.818 bits per heavy atom. The van der Waals surface area contributed by atoms with Gasteiger partial charge in [0.25, 0.3) is 0 Å². The summed E-state index contributed by atoms with van der Waals surface area (Å²) in [6.45, 7) is 2.34. The van der Waals surface area contributed by atoms with Gasteiger partial charge in [0.05, 0.1) is 7.11 Å². The van der Waals surface area contributed by atoms with Crippen molar-refractivity contribution in [2.24, 2.45) is 11.8 Å². The van der Waals surface area contributed by atoms with E-state index in [9.17, 15) is 4.39 Å². The van der Waals surface area contributed by atoms with Crippen molar-refractivity contribution in [3.8, 4) is 16.9 Å². The van der Waals surface area contributed by atoms with Gasteiger partial charge >= 0.3 is 0 Å². The van der Waals surface area contributed by atoms with Crippen molar-refractivity contribution < 1.29 is 13.5 Å². The van der Waals surface area contributed by atoms with Crippen molar-refractivity contribution in [3.05, 3.63) is 53.6 Å². The highest BCUT2D eigenvalue weighted by Gasteiger charge is 2.28. The summed E-state index contributed by atoms with van der Waals surface area (Å²) in [7, 11) is 1.22. The molecule has 2 aliphatic rings. The number of methoxy groups -OCH3 is 1. The Hall–Kier alpha value is -1.68. The fraction of sp³-hybridized carbons (Fsp3) is 0.586. The first-order valence-electron chi connectivity index (χ1n) is 13.2. The van der Waals surface area contributed by atoms with E-state index in [0.717, 1.165) is 37.5 Å². The molecule has 1 aliphatic carbocycles. The van der Waals surface area contributed by atoms with E-state index < -0.39 is 11.6 Å². The molecule has 1 aliphatic heterocycles. The van der Waals surface area contributed by atoms with Crippen LogP contribution in [-0.2, 0) is 0 Å². The molecule has 0 spiro atoms. The minimum Gasteiger partial charge on any atom is -0.497 e. The summed E-state index contributed by atoms with van der Waals surface area (Å²) in [6, 6.07) is 15.4. The van der Waals surface area contributed by atoms with Gasteiger partial charge in [-0.25, -0.2) is 8.78 Å². The van der Waals surface area contributed by atoms with Gasteiger partial charge in [-0.2, -0.15) is 0 Å². The van der Waals surface area contributed by atoms with E-state index in [1.165, 1.54) is 32.1 Å². The number of ether oxygens (including phenoxy) is 1. The molecule has 2 aromatic rings. The monoisotopic (exact) mass is 470 g/mol. The van der Waals surface area contributed by atoms with Crippen molar-refractivity contribution in [2.45, 2.75) is 88.8 Å². The van der Waals surface area contributed by atoms with Gasteiger partial charge in [-0.15, -0.1) is 0 Å². The predicted octanol–water partition coefficient (Wildman–Crippen LogP) is 8.74. The van der Waals surface area contributed by atoms with E-state index in [2.05, 4.69) is 6.92 Å². The first-order chi connectivity index (χ1) is 16.1. The van der Waals surface area contributed by atoms with Crippen LogP contribution in [0.4, 0.5) is 8.78 Å². The average Bonchev–Trinajstić information content (AvgIpc) is 2.86. The minimum absolute atomic E-state index is 0.149. The Balaban J connectivity index is 1.29. The molecule has 33 heavy (non-hydrogen) atoms. The molecule has 0 radical (unpaired) electrons. The summed E-state index contributed by atoms with van der Waals surface area (Å²) >= 11 is 0. The third-order valence-electron chi connectivity index (χ3n) is 8.45. The highest BCUT2D eigenvalue weighted by atomic mass is 28.3. The third-order valence-corrected chi connectivity index (χ3v) is 12.1. The smallest absolute Gasteiger partial charge is 0.166 e. The van der Waals surface area contributed by atoms with E-state index in [1.54, 1.807) is 55.6 Å². The molecule has 0 amide bonds. The Kier molecular flexibility index (Phi) is 8.62. The van der Waals surface area contributed by atoms with Gasteiger partial charge in [0, 0.05) is 14.4 Å². The van der Waals surface area contributed by atoms with Gasteiger partial charge in [0.15, 0.2) is 11.6 Å². The molecule has 0 aromatic heterocycles. The summed E-state index contributed by atoms with van der Waals surface area (Å²) in [4.78, 5) is 0. The molecule has 1 saturated carbocycles. The molecule has 4 heteroatoms. The van der Waals surface area contributed by atoms with Crippen LogP contribution in [0.1, 0.15) is 76.2 Å². The van der Waals surface area contributed by atoms with Crippen LogP contribution >= 0.6 is 0 Å². The molecule has 2 aromatic carbocycles. The lowest BCUT2D eigenvalue weighted by molar-refractivity contribution is 0.277. The molecular formula is C29H40F2OSi. The van der Waals surface area contributed by atoms with Crippen LogP contribution in [0.3, 0.4) is 0 Å². The maximum absolute atomic E-state index is 15.1. The minimum atomic E-state index is -0.720. The molecule has 0 N–H and O–H groups in total. The second-order valence-electron chi connectivity index (χ2n) is 10.5. The summed E-state index contributed by atoms with van der Waals surface area (Å²) in [6.07, 6.45) is 11.4. The van der Waals surface area contributed by atoms with Crippen LogP contribution < -0.4 is 4.74 Å². The number of hydrogen-bond acceptors (Lipinski definition) is 1. The summed E-state index contributed by atoms with van der Waals surface area (Å²) in [5, 5.41) is 0. The zero-order chi connectivity index (χ0) is 23.2. The second kappa shape index (κ2) is 11.6. The Morgan fingerprint density at radius 2 is 1.45 bits per heavy atom. The van der Waals surface area contributed by atoms with Gasteiger partial charge in [0.1, 0.15) is 5.75 Å². The summed E-state index contributed by atoms with van der Waals surface area (Å²) in [5.41, 5.74) is 1.57. The van der Waals surface area contributed by atoms with Crippen molar-refractivity contribution in [1.82, 2.24) is 0 Å². The first kappa shape index (κ1) is 24.4. The lowest BCUT2D eigenvalue weighted by Gasteiger charge is -2.32. The van der Waals surface area contributed by atoms with Gasteiger partial charge in [-0.05, 0) is 66.7 Å². The molecular weight excluding hydrogens is 430 g/mol. The van der Waals surface area contributed by atoms with Crippen molar-refractivity contribution in [2.75, 3.05) is 7.11 Å². The highest BCUT2D eigenvalue weighted by Crippen LogP contribution is 2.41. The Morgan fingerprint density at radius 3 is 2.06 bits per heavy atom. The van der Waals surface area contributed by atoms with E-state index in [-0.39, 0.29) is 14.7 Å². The maximum Gasteiger partial charge on any atom is 0.166 e. The van der Waals surface area contributed by atoms with Crippen LogP contribution in [0.5, 0.6) is 5.75 Å². The Labute approximate surface area is 200 Å².